The van der Waals surface area contributed by atoms with Crippen molar-refractivity contribution in [3.05, 3.63) is 45.9 Å². The van der Waals surface area contributed by atoms with Gasteiger partial charge in [0.1, 0.15) is 11.4 Å². The van der Waals surface area contributed by atoms with Crippen LogP contribution in [0.5, 0.6) is 5.75 Å². The number of carbonyl (C=O) groups excluding carboxylic acids is 1. The van der Waals surface area contributed by atoms with Crippen LogP contribution in [-0.4, -0.2) is 20.2 Å². The molecule has 7 heteroatoms. The van der Waals surface area contributed by atoms with E-state index in [9.17, 15) is 4.79 Å². The molecule has 0 radical (unpaired) electrons. The van der Waals surface area contributed by atoms with Gasteiger partial charge in [0.2, 0.25) is 0 Å². The highest BCUT2D eigenvalue weighted by molar-refractivity contribution is 6.36. The van der Waals surface area contributed by atoms with E-state index < -0.39 is 5.97 Å². The van der Waals surface area contributed by atoms with Gasteiger partial charge in [-0.2, -0.15) is 0 Å². The Morgan fingerprint density at radius 2 is 1.91 bits per heavy atom. The van der Waals surface area contributed by atoms with Crippen LogP contribution in [0.2, 0.25) is 10.0 Å². The number of carbonyl (C=O) groups is 1. The van der Waals surface area contributed by atoms with E-state index in [0.717, 1.165) is 0 Å². The molecule has 2 aromatic carbocycles. The predicted molar refractivity (Wildman–Crippen MR) is 88.5 cm³/mol. The van der Waals surface area contributed by atoms with E-state index in [4.69, 9.17) is 33.7 Å². The Labute approximate surface area is 137 Å². The molecule has 0 unspecified atom stereocenters. The number of methoxy groups -OCH3 is 2. The monoisotopic (exact) mass is 340 g/mol. The van der Waals surface area contributed by atoms with Crippen LogP contribution in [0.4, 0.5) is 17.1 Å². The van der Waals surface area contributed by atoms with Crippen molar-refractivity contribution in [1.82, 2.24) is 0 Å². The van der Waals surface area contributed by atoms with Gasteiger partial charge in [0.05, 0.1) is 36.2 Å². The quantitative estimate of drug-likeness (QED) is 0.647. The zero-order valence-electron chi connectivity index (χ0n) is 11.9. The molecule has 116 valence electrons. The maximum absolute atomic E-state index is 11.6. The number of rotatable bonds is 4. The van der Waals surface area contributed by atoms with Crippen LogP contribution in [-0.2, 0) is 4.74 Å². The molecule has 0 aliphatic heterocycles. The van der Waals surface area contributed by atoms with Gasteiger partial charge in [-0.15, -0.1) is 0 Å². The summed E-state index contributed by atoms with van der Waals surface area (Å²) in [5.41, 5.74) is 7.73. The average molecular weight is 341 g/mol. The van der Waals surface area contributed by atoms with Crippen molar-refractivity contribution in [2.45, 2.75) is 0 Å². The molecule has 3 N–H and O–H groups in total. The van der Waals surface area contributed by atoms with E-state index in [0.29, 0.717) is 38.4 Å². The number of ether oxygens (including phenoxy) is 2. The van der Waals surface area contributed by atoms with Crippen molar-refractivity contribution in [2.24, 2.45) is 0 Å². The second kappa shape index (κ2) is 6.77. The first-order valence-corrected chi connectivity index (χ1v) is 6.99. The maximum Gasteiger partial charge on any atom is 0.338 e. The molecule has 5 nitrogen and oxygen atoms in total. The highest BCUT2D eigenvalue weighted by Crippen LogP contribution is 2.37. The molecule has 2 rings (SSSR count). The number of nitrogens with one attached hydrogen (secondary N) is 1. The number of halogens is 2. The van der Waals surface area contributed by atoms with Crippen LogP contribution in [0, 0.1) is 0 Å². The molecule has 2 aromatic rings. The zero-order valence-corrected chi connectivity index (χ0v) is 13.5. The topological polar surface area (TPSA) is 73.6 Å². The lowest BCUT2D eigenvalue weighted by Crippen LogP contribution is -2.06. The van der Waals surface area contributed by atoms with Crippen LogP contribution < -0.4 is 15.8 Å². The Morgan fingerprint density at radius 3 is 2.50 bits per heavy atom. The third kappa shape index (κ3) is 3.37. The van der Waals surface area contributed by atoms with Crippen LogP contribution in [0.3, 0.4) is 0 Å². The third-order valence-corrected chi connectivity index (χ3v) is 3.51. The van der Waals surface area contributed by atoms with Gasteiger partial charge in [-0.3, -0.25) is 0 Å². The molecule has 0 fully saturated rings. The standard InChI is InChI=1S/C15H14Cl2N2O3/c1-21-13-6-8(15(20)22-2)5-11(18)14(13)19-12-4-3-9(16)7-10(12)17/h3-7,19H,18H2,1-2H3. The molecular formula is C15H14Cl2N2O3. The molecule has 0 aliphatic carbocycles. The molecule has 0 atom stereocenters. The number of hydrogen-bond donors (Lipinski definition) is 2. The van der Waals surface area contributed by atoms with E-state index in [2.05, 4.69) is 10.1 Å². The van der Waals surface area contributed by atoms with Crippen molar-refractivity contribution in [2.75, 3.05) is 25.3 Å². The summed E-state index contributed by atoms with van der Waals surface area (Å²) in [6.45, 7) is 0. The van der Waals surface area contributed by atoms with Gasteiger partial charge in [0.25, 0.3) is 0 Å². The SMILES string of the molecule is COC(=O)c1cc(N)c(Nc2ccc(Cl)cc2Cl)c(OC)c1. The van der Waals surface area contributed by atoms with Gasteiger partial charge in [-0.05, 0) is 30.3 Å². The lowest BCUT2D eigenvalue weighted by atomic mass is 10.1. The van der Waals surface area contributed by atoms with Crippen LogP contribution >= 0.6 is 23.2 Å². The van der Waals surface area contributed by atoms with Gasteiger partial charge in [-0.25, -0.2) is 4.79 Å². The predicted octanol–water partition coefficient (Wildman–Crippen LogP) is 4.11. The summed E-state index contributed by atoms with van der Waals surface area (Å²) >= 11 is 12.0. The Hall–Kier alpha value is -2.11. The number of nitrogen functional groups attached to an aromatic ring is 1. The molecule has 0 aromatic heterocycles. The van der Waals surface area contributed by atoms with Gasteiger partial charge in [-0.1, -0.05) is 23.2 Å². The second-order valence-corrected chi connectivity index (χ2v) is 5.23. The normalized spacial score (nSPS) is 10.2. The fourth-order valence-electron chi connectivity index (χ4n) is 1.89. The number of hydrogen-bond acceptors (Lipinski definition) is 5. The van der Waals surface area contributed by atoms with E-state index in [1.807, 2.05) is 0 Å². The zero-order chi connectivity index (χ0) is 16.3. The Morgan fingerprint density at radius 1 is 1.18 bits per heavy atom. The van der Waals surface area contributed by atoms with Crippen LogP contribution in [0.25, 0.3) is 0 Å². The van der Waals surface area contributed by atoms with Crippen molar-refractivity contribution >= 4 is 46.2 Å². The summed E-state index contributed by atoms with van der Waals surface area (Å²) in [5.74, 6) is -0.104. The second-order valence-electron chi connectivity index (χ2n) is 4.38. The minimum absolute atomic E-state index is 0.296. The van der Waals surface area contributed by atoms with Crippen molar-refractivity contribution < 1.29 is 14.3 Å². The minimum Gasteiger partial charge on any atom is -0.494 e. The van der Waals surface area contributed by atoms with Crippen molar-refractivity contribution in [3.8, 4) is 5.75 Å². The maximum atomic E-state index is 11.6. The van der Waals surface area contributed by atoms with Crippen LogP contribution in [0.1, 0.15) is 10.4 Å². The van der Waals surface area contributed by atoms with Crippen LogP contribution in [0.15, 0.2) is 30.3 Å². The molecule has 0 saturated carbocycles. The van der Waals surface area contributed by atoms with Gasteiger partial charge < -0.3 is 20.5 Å². The molecular weight excluding hydrogens is 327 g/mol. The van der Waals surface area contributed by atoms with Gasteiger partial charge >= 0.3 is 5.97 Å². The molecule has 0 heterocycles. The van der Waals surface area contributed by atoms with Crippen molar-refractivity contribution in [3.63, 3.8) is 0 Å². The number of anilines is 3. The van der Waals surface area contributed by atoms with E-state index in [1.54, 1.807) is 18.2 Å². The summed E-state index contributed by atoms with van der Waals surface area (Å²) in [6.07, 6.45) is 0. The first-order valence-electron chi connectivity index (χ1n) is 6.24. The Balaban J connectivity index is 2.44. The van der Waals surface area contributed by atoms with E-state index in [1.165, 1.54) is 26.4 Å². The molecule has 22 heavy (non-hydrogen) atoms. The lowest BCUT2D eigenvalue weighted by molar-refractivity contribution is 0.0600. The van der Waals surface area contributed by atoms with E-state index >= 15 is 0 Å². The summed E-state index contributed by atoms with van der Waals surface area (Å²) in [7, 11) is 2.77. The highest BCUT2D eigenvalue weighted by Gasteiger charge is 2.15. The summed E-state index contributed by atoms with van der Waals surface area (Å²) in [5, 5.41) is 4.04. The lowest BCUT2D eigenvalue weighted by Gasteiger charge is -2.16. The number of nitrogens with two attached hydrogens (primary N) is 1. The fourth-order valence-corrected chi connectivity index (χ4v) is 2.35. The van der Waals surface area contributed by atoms with Gasteiger partial charge in [0, 0.05) is 5.02 Å². The number of esters is 1. The third-order valence-electron chi connectivity index (χ3n) is 2.96. The molecule has 0 spiro atoms. The molecule has 0 aliphatic rings. The summed E-state index contributed by atoms with van der Waals surface area (Å²) in [6, 6.07) is 8.06. The van der Waals surface area contributed by atoms with Crippen molar-refractivity contribution in [1.29, 1.82) is 0 Å². The Kier molecular flexibility index (Phi) is 5.00. The fraction of sp³-hybridized carbons (Fsp3) is 0.133. The Bertz CT molecular complexity index is 720. The number of benzene rings is 2. The highest BCUT2D eigenvalue weighted by atomic mass is 35.5. The van der Waals surface area contributed by atoms with Gasteiger partial charge in [0.15, 0.2) is 0 Å². The first-order chi connectivity index (χ1) is 10.5. The molecule has 0 bridgehead atoms. The first kappa shape index (κ1) is 16.3. The molecule has 0 amide bonds. The average Bonchev–Trinajstić information content (AvgIpc) is 2.50. The summed E-state index contributed by atoms with van der Waals surface area (Å²) < 4.78 is 9.95. The largest absolute Gasteiger partial charge is 0.494 e. The minimum atomic E-state index is -0.499. The molecule has 0 saturated heterocycles. The van der Waals surface area contributed by atoms with E-state index in [-0.39, 0.29) is 0 Å². The summed E-state index contributed by atoms with van der Waals surface area (Å²) in [4.78, 5) is 11.6. The smallest absolute Gasteiger partial charge is 0.338 e.